The van der Waals surface area contributed by atoms with Crippen molar-refractivity contribution in [2.45, 2.75) is 82.6 Å². The van der Waals surface area contributed by atoms with Crippen molar-refractivity contribution in [3.63, 3.8) is 0 Å². The Morgan fingerprint density at radius 2 is 1.43 bits per heavy atom. The van der Waals surface area contributed by atoms with Gasteiger partial charge in [0.1, 0.15) is 12.2 Å². The van der Waals surface area contributed by atoms with E-state index in [0.717, 1.165) is 19.4 Å². The number of hydrogen-bond donors (Lipinski definition) is 4. The van der Waals surface area contributed by atoms with Crippen molar-refractivity contribution >= 4 is 0 Å². The van der Waals surface area contributed by atoms with Crippen LogP contribution in [0.15, 0.2) is 0 Å². The van der Waals surface area contributed by atoms with E-state index in [1.165, 1.54) is 38.5 Å². The Morgan fingerprint density at radius 3 is 2.00 bits per heavy atom. The number of β-amino-alcohol motifs (C(OH)–C–C–N with tert-alkyl or cyclic N) is 1. The van der Waals surface area contributed by atoms with E-state index in [1.807, 2.05) is 4.90 Å². The van der Waals surface area contributed by atoms with Crippen molar-refractivity contribution in [2.24, 2.45) is 0 Å². The van der Waals surface area contributed by atoms with Crippen LogP contribution in [-0.4, -0.2) is 69.4 Å². The Labute approximate surface area is 128 Å². The molecule has 0 spiro atoms. The molecule has 0 amide bonds. The summed E-state index contributed by atoms with van der Waals surface area (Å²) in [6.07, 6.45) is 6.68. The highest BCUT2D eigenvalue weighted by molar-refractivity contribution is 4.93. The van der Waals surface area contributed by atoms with Crippen molar-refractivity contribution in [1.82, 2.24) is 4.90 Å². The number of unbranched alkanes of at least 4 members (excludes halogenated alkanes) is 7. The van der Waals surface area contributed by atoms with E-state index in [1.54, 1.807) is 0 Å². The van der Waals surface area contributed by atoms with Crippen LogP contribution in [0.25, 0.3) is 0 Å². The normalized spacial score (nSPS) is 30.7. The molecule has 0 aromatic carbocycles. The van der Waals surface area contributed by atoms with Crippen molar-refractivity contribution in [2.75, 3.05) is 19.7 Å². The lowest BCUT2D eigenvalue weighted by Gasteiger charge is -2.43. The molecule has 5 heteroatoms. The Hall–Kier alpha value is -0.200. The second kappa shape index (κ2) is 10.5. The van der Waals surface area contributed by atoms with Crippen LogP contribution in [-0.2, 0) is 0 Å². The highest BCUT2D eigenvalue weighted by Crippen LogP contribution is 2.19. The Bertz CT molecular complexity index is 265. The number of likely N-dealkylation sites (tertiary alicyclic amines) is 1. The van der Waals surface area contributed by atoms with E-state index in [2.05, 4.69) is 6.92 Å². The predicted octanol–water partition coefficient (Wildman–Crippen LogP) is 0.886. The fourth-order valence-electron chi connectivity index (χ4n) is 3.08. The first-order valence-corrected chi connectivity index (χ1v) is 8.51. The van der Waals surface area contributed by atoms with Gasteiger partial charge in [0.15, 0.2) is 0 Å². The Morgan fingerprint density at radius 1 is 0.857 bits per heavy atom. The minimum Gasteiger partial charge on any atom is -0.395 e. The topological polar surface area (TPSA) is 84.2 Å². The van der Waals surface area contributed by atoms with Gasteiger partial charge in [0.25, 0.3) is 0 Å². The fourth-order valence-corrected chi connectivity index (χ4v) is 3.08. The summed E-state index contributed by atoms with van der Waals surface area (Å²) in [5, 5.41) is 38.6. The van der Waals surface area contributed by atoms with Gasteiger partial charge in [-0.3, -0.25) is 4.90 Å². The van der Waals surface area contributed by atoms with E-state index in [9.17, 15) is 20.4 Å². The van der Waals surface area contributed by atoms with Gasteiger partial charge in [-0.15, -0.1) is 0 Å². The Balaban J connectivity index is 2.18. The van der Waals surface area contributed by atoms with Crippen LogP contribution in [0, 0.1) is 0 Å². The second-order valence-corrected chi connectivity index (χ2v) is 6.27. The minimum atomic E-state index is -1.16. The van der Waals surface area contributed by atoms with Gasteiger partial charge in [0, 0.05) is 6.54 Å². The first kappa shape index (κ1) is 18.8. The summed E-state index contributed by atoms with van der Waals surface area (Å²) in [5.41, 5.74) is 0. The molecule has 1 saturated heterocycles. The standard InChI is InChI=1S/C16H33NO4/c1-2-3-4-5-6-7-8-9-10-17-11-14(19)16(21)15(20)13(17)12-18/h13-16,18-21H,2-12H2,1H3/t13-,14+,15-,16-/m1/s1. The quantitative estimate of drug-likeness (QED) is 0.450. The van der Waals surface area contributed by atoms with E-state index < -0.39 is 24.4 Å². The number of nitrogens with zero attached hydrogens (tertiary/aromatic N) is 1. The third kappa shape index (κ3) is 6.20. The average Bonchev–Trinajstić information content (AvgIpc) is 2.48. The third-order valence-electron chi connectivity index (χ3n) is 4.51. The smallest absolute Gasteiger partial charge is 0.109 e. The van der Waals surface area contributed by atoms with Crippen LogP contribution in [0.5, 0.6) is 0 Å². The Kier molecular flexibility index (Phi) is 9.44. The molecule has 4 atom stereocenters. The van der Waals surface area contributed by atoms with Crippen molar-refractivity contribution in [3.8, 4) is 0 Å². The maximum absolute atomic E-state index is 9.89. The summed E-state index contributed by atoms with van der Waals surface area (Å²) in [6, 6.07) is -0.465. The molecule has 0 aromatic heterocycles. The van der Waals surface area contributed by atoms with Crippen molar-refractivity contribution < 1.29 is 20.4 Å². The van der Waals surface area contributed by atoms with Gasteiger partial charge < -0.3 is 20.4 Å². The van der Waals surface area contributed by atoms with E-state index in [4.69, 9.17) is 0 Å². The van der Waals surface area contributed by atoms with Crippen LogP contribution in [0.1, 0.15) is 58.3 Å². The molecule has 0 aromatic rings. The number of piperidine rings is 1. The van der Waals surface area contributed by atoms with Gasteiger partial charge >= 0.3 is 0 Å². The zero-order valence-electron chi connectivity index (χ0n) is 13.3. The van der Waals surface area contributed by atoms with E-state index in [0.29, 0.717) is 6.54 Å². The summed E-state index contributed by atoms with van der Waals surface area (Å²) < 4.78 is 0. The van der Waals surface area contributed by atoms with Crippen LogP contribution >= 0.6 is 0 Å². The molecule has 1 aliphatic heterocycles. The monoisotopic (exact) mass is 303 g/mol. The molecule has 21 heavy (non-hydrogen) atoms. The molecule has 1 rings (SSSR count). The van der Waals surface area contributed by atoms with Crippen LogP contribution < -0.4 is 0 Å². The minimum absolute atomic E-state index is 0.192. The van der Waals surface area contributed by atoms with Crippen LogP contribution in [0.4, 0.5) is 0 Å². The molecular weight excluding hydrogens is 270 g/mol. The molecule has 0 radical (unpaired) electrons. The lowest BCUT2D eigenvalue weighted by Crippen LogP contribution is -2.62. The zero-order valence-corrected chi connectivity index (χ0v) is 13.3. The summed E-state index contributed by atoms with van der Waals surface area (Å²) in [6.45, 7) is 3.10. The summed E-state index contributed by atoms with van der Waals surface area (Å²) in [4.78, 5) is 1.90. The fraction of sp³-hybridized carbons (Fsp3) is 1.00. The molecule has 0 bridgehead atoms. The maximum atomic E-state index is 9.89. The number of aliphatic hydroxyl groups excluding tert-OH is 4. The first-order chi connectivity index (χ1) is 10.1. The van der Waals surface area contributed by atoms with Crippen LogP contribution in [0.3, 0.4) is 0 Å². The molecule has 1 fully saturated rings. The highest BCUT2D eigenvalue weighted by atomic mass is 16.4. The number of aliphatic hydroxyl groups is 4. The van der Waals surface area contributed by atoms with Gasteiger partial charge in [-0.1, -0.05) is 51.9 Å². The van der Waals surface area contributed by atoms with Crippen LogP contribution in [0.2, 0.25) is 0 Å². The van der Waals surface area contributed by atoms with Gasteiger partial charge in [-0.2, -0.15) is 0 Å². The zero-order chi connectivity index (χ0) is 15.7. The molecular formula is C16H33NO4. The summed E-state index contributed by atoms with van der Waals surface area (Å²) in [7, 11) is 0. The molecule has 5 nitrogen and oxygen atoms in total. The molecule has 1 heterocycles. The highest BCUT2D eigenvalue weighted by Gasteiger charge is 2.40. The van der Waals surface area contributed by atoms with Gasteiger partial charge in [-0.05, 0) is 13.0 Å². The number of rotatable bonds is 10. The molecule has 126 valence electrons. The predicted molar refractivity (Wildman–Crippen MR) is 83.1 cm³/mol. The summed E-state index contributed by atoms with van der Waals surface area (Å²) >= 11 is 0. The molecule has 1 aliphatic rings. The number of hydrogen-bond acceptors (Lipinski definition) is 5. The largest absolute Gasteiger partial charge is 0.395 e. The molecule has 4 N–H and O–H groups in total. The third-order valence-corrected chi connectivity index (χ3v) is 4.51. The average molecular weight is 303 g/mol. The maximum Gasteiger partial charge on any atom is 0.109 e. The van der Waals surface area contributed by atoms with Gasteiger partial charge in [0.2, 0.25) is 0 Å². The van der Waals surface area contributed by atoms with Crippen molar-refractivity contribution in [3.05, 3.63) is 0 Å². The molecule has 0 unspecified atom stereocenters. The van der Waals surface area contributed by atoms with Crippen molar-refractivity contribution in [1.29, 1.82) is 0 Å². The first-order valence-electron chi connectivity index (χ1n) is 8.51. The molecule has 0 aliphatic carbocycles. The molecule has 0 saturated carbocycles. The lowest BCUT2D eigenvalue weighted by molar-refractivity contribution is -0.145. The SMILES string of the molecule is CCCCCCCCCCN1C[C@H](O)[C@@H](O)[C@H](O)[C@H]1CO. The van der Waals surface area contributed by atoms with E-state index in [-0.39, 0.29) is 6.61 Å². The van der Waals surface area contributed by atoms with Gasteiger partial charge in [-0.25, -0.2) is 0 Å². The van der Waals surface area contributed by atoms with E-state index >= 15 is 0 Å². The lowest BCUT2D eigenvalue weighted by atomic mass is 9.94. The summed E-state index contributed by atoms with van der Waals surface area (Å²) in [5.74, 6) is 0. The second-order valence-electron chi connectivity index (χ2n) is 6.27. The van der Waals surface area contributed by atoms with Gasteiger partial charge in [0.05, 0.1) is 18.8 Å².